The van der Waals surface area contributed by atoms with Crippen LogP contribution in [-0.4, -0.2) is 55.8 Å². The van der Waals surface area contributed by atoms with E-state index in [-0.39, 0.29) is 30.1 Å². The number of piperidine rings is 1. The highest BCUT2D eigenvalue weighted by Crippen LogP contribution is 2.39. The Balaban J connectivity index is 1.17. The molecule has 2 aliphatic heterocycles. The molecule has 3 aromatic carbocycles. The summed E-state index contributed by atoms with van der Waals surface area (Å²) in [4.78, 5) is 28.5. The Kier molecular flexibility index (Phi) is 8.85. The third-order valence-electron chi connectivity index (χ3n) is 7.56. The van der Waals surface area contributed by atoms with Gasteiger partial charge in [-0.15, -0.1) is 11.8 Å². The van der Waals surface area contributed by atoms with Crippen LogP contribution in [0.4, 0.5) is 0 Å². The first-order chi connectivity index (χ1) is 19.5. The fourth-order valence-corrected chi connectivity index (χ4v) is 6.59. The number of rotatable bonds is 10. The predicted octanol–water partition coefficient (Wildman–Crippen LogP) is 6.39. The number of hydrogen-bond acceptors (Lipinski definition) is 7. The van der Waals surface area contributed by atoms with Crippen LogP contribution < -0.4 is 14.2 Å². The zero-order valence-electron chi connectivity index (χ0n) is 23.1. The summed E-state index contributed by atoms with van der Waals surface area (Å²) in [6.07, 6.45) is 3.64. The molecule has 210 valence electrons. The molecule has 8 heteroatoms. The second-order valence-electron chi connectivity index (χ2n) is 10.1. The van der Waals surface area contributed by atoms with Crippen molar-refractivity contribution in [2.75, 3.05) is 20.8 Å². The lowest BCUT2D eigenvalue weighted by Gasteiger charge is -2.39. The highest BCUT2D eigenvalue weighted by molar-refractivity contribution is 7.98. The van der Waals surface area contributed by atoms with Crippen LogP contribution in [0, 0.1) is 0 Å². The maximum Gasteiger partial charge on any atom is 0.338 e. The van der Waals surface area contributed by atoms with Crippen LogP contribution in [0.5, 0.6) is 17.2 Å². The molecule has 3 atom stereocenters. The van der Waals surface area contributed by atoms with E-state index in [2.05, 4.69) is 4.90 Å². The quantitative estimate of drug-likeness (QED) is 0.210. The van der Waals surface area contributed by atoms with Crippen molar-refractivity contribution < 1.29 is 28.5 Å². The molecule has 0 spiro atoms. The second kappa shape index (κ2) is 12.7. The maximum atomic E-state index is 13.5. The number of thioether (sulfide) groups is 1. The molecule has 7 nitrogen and oxygen atoms in total. The Morgan fingerprint density at radius 1 is 0.850 bits per heavy atom. The van der Waals surface area contributed by atoms with E-state index in [0.717, 1.165) is 64.7 Å². The number of esters is 1. The maximum absolute atomic E-state index is 13.5. The molecule has 2 fully saturated rings. The Morgan fingerprint density at radius 3 is 2.12 bits per heavy atom. The van der Waals surface area contributed by atoms with Crippen LogP contribution in [0.15, 0.2) is 71.6 Å². The summed E-state index contributed by atoms with van der Waals surface area (Å²) in [6, 6.07) is 21.2. The van der Waals surface area contributed by atoms with Crippen LogP contribution in [0.3, 0.4) is 0 Å². The molecule has 2 bridgehead atoms. The number of fused-ring (bicyclic) bond motifs is 2. The first kappa shape index (κ1) is 27.9. The molecule has 0 saturated carbocycles. The standard InChI is InChI=1S/C32H35NO6S/c1-4-38-32(35)23-9-13-26(14-10-23)39-28-17-24-11-12-25(18-28)33(24)31(34)22-7-5-21(6-8-22)20-40-30-19-27(36-2)15-16-29(30)37-3/h5-10,13-16,19,24-25,28H,4,11-12,17-18,20H2,1-3H3/t24-,25+,28?. The first-order valence-electron chi connectivity index (χ1n) is 13.7. The summed E-state index contributed by atoms with van der Waals surface area (Å²) in [5.41, 5.74) is 2.37. The van der Waals surface area contributed by atoms with Crippen molar-refractivity contribution in [3.63, 3.8) is 0 Å². The van der Waals surface area contributed by atoms with Crippen molar-refractivity contribution in [3.05, 3.63) is 83.4 Å². The van der Waals surface area contributed by atoms with Crippen molar-refractivity contribution in [1.29, 1.82) is 0 Å². The van der Waals surface area contributed by atoms with Crippen LogP contribution in [0.1, 0.15) is 58.9 Å². The summed E-state index contributed by atoms with van der Waals surface area (Å²) < 4.78 is 22.2. The molecule has 1 amide bonds. The third-order valence-corrected chi connectivity index (χ3v) is 8.67. The largest absolute Gasteiger partial charge is 0.497 e. The number of methoxy groups -OCH3 is 2. The minimum Gasteiger partial charge on any atom is -0.497 e. The predicted molar refractivity (Wildman–Crippen MR) is 155 cm³/mol. The van der Waals surface area contributed by atoms with E-state index in [4.69, 9.17) is 18.9 Å². The number of benzene rings is 3. The van der Waals surface area contributed by atoms with Crippen molar-refractivity contribution in [1.82, 2.24) is 4.90 Å². The molecule has 2 heterocycles. The van der Waals surface area contributed by atoms with Gasteiger partial charge in [0, 0.05) is 36.2 Å². The lowest BCUT2D eigenvalue weighted by atomic mass is 9.98. The van der Waals surface area contributed by atoms with Gasteiger partial charge in [0.15, 0.2) is 0 Å². The Morgan fingerprint density at radius 2 is 1.50 bits per heavy atom. The van der Waals surface area contributed by atoms with Gasteiger partial charge in [-0.3, -0.25) is 4.79 Å². The molecule has 0 aliphatic carbocycles. The van der Waals surface area contributed by atoms with E-state index in [1.165, 1.54) is 0 Å². The average molecular weight is 562 g/mol. The molecular formula is C32H35NO6S. The number of nitrogens with zero attached hydrogens (tertiary/aromatic N) is 1. The Labute approximate surface area is 239 Å². The zero-order chi connectivity index (χ0) is 28.1. The van der Waals surface area contributed by atoms with Crippen LogP contribution in [0.2, 0.25) is 0 Å². The molecule has 0 radical (unpaired) electrons. The van der Waals surface area contributed by atoms with E-state index in [1.807, 2.05) is 54.6 Å². The Hall–Kier alpha value is -3.65. The molecule has 5 rings (SSSR count). The van der Waals surface area contributed by atoms with E-state index in [9.17, 15) is 9.59 Å². The van der Waals surface area contributed by atoms with Crippen LogP contribution >= 0.6 is 11.8 Å². The van der Waals surface area contributed by atoms with Gasteiger partial charge in [-0.25, -0.2) is 4.79 Å². The zero-order valence-corrected chi connectivity index (χ0v) is 23.9. The van der Waals surface area contributed by atoms with Gasteiger partial charge in [-0.2, -0.15) is 0 Å². The van der Waals surface area contributed by atoms with Gasteiger partial charge in [0.05, 0.1) is 31.3 Å². The van der Waals surface area contributed by atoms with Gasteiger partial charge in [0.25, 0.3) is 5.91 Å². The van der Waals surface area contributed by atoms with Gasteiger partial charge >= 0.3 is 5.97 Å². The summed E-state index contributed by atoms with van der Waals surface area (Å²) >= 11 is 1.68. The minimum absolute atomic E-state index is 0.0444. The monoisotopic (exact) mass is 561 g/mol. The number of hydrogen-bond donors (Lipinski definition) is 0. The van der Waals surface area contributed by atoms with Crippen molar-refractivity contribution >= 4 is 23.6 Å². The lowest BCUT2D eigenvalue weighted by Crippen LogP contribution is -2.49. The SMILES string of the molecule is CCOC(=O)c1ccc(OC2C[C@H]3CC[C@@H](C2)N3C(=O)c2ccc(CSc3cc(OC)ccc3OC)cc2)cc1. The van der Waals surface area contributed by atoms with E-state index >= 15 is 0 Å². The average Bonchev–Trinajstić information content (AvgIpc) is 3.26. The van der Waals surface area contributed by atoms with Gasteiger partial charge in [0.2, 0.25) is 0 Å². The highest BCUT2D eigenvalue weighted by atomic mass is 32.2. The molecule has 2 aliphatic rings. The molecular weight excluding hydrogens is 526 g/mol. The normalized spacial score (nSPS) is 19.7. The second-order valence-corrected chi connectivity index (χ2v) is 11.1. The lowest BCUT2D eigenvalue weighted by molar-refractivity contribution is 0.0359. The Bertz CT molecular complexity index is 1310. The first-order valence-corrected chi connectivity index (χ1v) is 14.7. The molecule has 2 saturated heterocycles. The van der Waals surface area contributed by atoms with Crippen molar-refractivity contribution in [2.45, 2.75) is 61.4 Å². The highest BCUT2D eigenvalue weighted by Gasteiger charge is 2.44. The van der Waals surface area contributed by atoms with Gasteiger partial charge in [-0.05, 0) is 79.9 Å². The summed E-state index contributed by atoms with van der Waals surface area (Å²) in [5.74, 6) is 2.86. The van der Waals surface area contributed by atoms with Crippen molar-refractivity contribution in [2.24, 2.45) is 0 Å². The fourth-order valence-electron chi connectivity index (χ4n) is 5.58. The fraction of sp³-hybridized carbons (Fsp3) is 0.375. The number of carbonyl (C=O) groups excluding carboxylic acids is 2. The smallest absolute Gasteiger partial charge is 0.338 e. The number of carbonyl (C=O) groups is 2. The van der Waals surface area contributed by atoms with Crippen LogP contribution in [0.25, 0.3) is 0 Å². The molecule has 40 heavy (non-hydrogen) atoms. The topological polar surface area (TPSA) is 74.3 Å². The van der Waals surface area contributed by atoms with E-state index in [1.54, 1.807) is 45.0 Å². The van der Waals surface area contributed by atoms with E-state index < -0.39 is 0 Å². The van der Waals surface area contributed by atoms with E-state index in [0.29, 0.717) is 12.2 Å². The van der Waals surface area contributed by atoms with Gasteiger partial charge < -0.3 is 23.8 Å². The molecule has 0 aromatic heterocycles. The molecule has 0 N–H and O–H groups in total. The third kappa shape index (κ3) is 6.22. The summed E-state index contributed by atoms with van der Waals surface area (Å²) in [6.45, 7) is 2.14. The minimum atomic E-state index is -0.331. The van der Waals surface area contributed by atoms with Gasteiger partial charge in [0.1, 0.15) is 23.4 Å². The number of ether oxygens (including phenoxy) is 4. The molecule has 3 aromatic rings. The van der Waals surface area contributed by atoms with Crippen molar-refractivity contribution in [3.8, 4) is 17.2 Å². The molecule has 1 unspecified atom stereocenters. The summed E-state index contributed by atoms with van der Waals surface area (Å²) in [5, 5.41) is 0. The number of amides is 1. The van der Waals surface area contributed by atoms with Crippen LogP contribution in [-0.2, 0) is 10.5 Å². The van der Waals surface area contributed by atoms with Gasteiger partial charge in [-0.1, -0.05) is 12.1 Å². The summed E-state index contributed by atoms with van der Waals surface area (Å²) in [7, 11) is 3.32.